The van der Waals surface area contributed by atoms with Crippen molar-refractivity contribution in [3.63, 3.8) is 0 Å². The molecule has 0 aliphatic carbocycles. The van der Waals surface area contributed by atoms with Crippen molar-refractivity contribution in [2.75, 3.05) is 38.6 Å². The zero-order chi connectivity index (χ0) is 19.4. The zero-order valence-corrected chi connectivity index (χ0v) is 16.4. The van der Waals surface area contributed by atoms with E-state index in [0.29, 0.717) is 19.5 Å². The molecule has 0 saturated carbocycles. The third-order valence-electron chi connectivity index (χ3n) is 4.94. The number of hydrogen-bond donors (Lipinski definition) is 0. The molecule has 1 atom stereocenters. The first kappa shape index (κ1) is 19.9. The van der Waals surface area contributed by atoms with Crippen LogP contribution in [0, 0.1) is 19.8 Å². The molecule has 26 heavy (non-hydrogen) atoms. The maximum Gasteiger partial charge on any atom is 0.241 e. The fourth-order valence-electron chi connectivity index (χ4n) is 3.12. The predicted molar refractivity (Wildman–Crippen MR) is 102 cm³/mol. The van der Waals surface area contributed by atoms with Crippen LogP contribution in [-0.2, 0) is 14.4 Å². The molecule has 0 radical (unpaired) electrons. The van der Waals surface area contributed by atoms with Gasteiger partial charge in [0.2, 0.25) is 17.7 Å². The minimum Gasteiger partial charge on any atom is -0.347 e. The summed E-state index contributed by atoms with van der Waals surface area (Å²) in [4.78, 5) is 42.5. The molecule has 1 aliphatic rings. The Morgan fingerprint density at radius 3 is 2.46 bits per heavy atom. The highest BCUT2D eigenvalue weighted by atomic mass is 16.2. The van der Waals surface area contributed by atoms with Crippen LogP contribution >= 0.6 is 0 Å². The number of carbonyl (C=O) groups is 3. The van der Waals surface area contributed by atoms with Gasteiger partial charge in [-0.25, -0.2) is 0 Å². The number of anilines is 1. The summed E-state index contributed by atoms with van der Waals surface area (Å²) in [6, 6.07) is 5.90. The Balaban J connectivity index is 2.14. The summed E-state index contributed by atoms with van der Waals surface area (Å²) in [7, 11) is 3.33. The summed E-state index contributed by atoms with van der Waals surface area (Å²) in [6.45, 7) is 7.02. The molecular formula is C20H29N3O3. The molecular weight excluding hydrogens is 330 g/mol. The Morgan fingerprint density at radius 1 is 1.19 bits per heavy atom. The van der Waals surface area contributed by atoms with Crippen molar-refractivity contribution in [3.05, 3.63) is 29.3 Å². The normalized spacial score (nSPS) is 16.7. The van der Waals surface area contributed by atoms with E-state index in [1.165, 1.54) is 15.4 Å². The molecule has 0 N–H and O–H groups in total. The van der Waals surface area contributed by atoms with Gasteiger partial charge in [-0.15, -0.1) is 0 Å². The Kier molecular flexibility index (Phi) is 6.40. The van der Waals surface area contributed by atoms with Gasteiger partial charge in [0.1, 0.15) is 5.92 Å². The predicted octanol–water partition coefficient (Wildman–Crippen LogP) is 1.98. The van der Waals surface area contributed by atoms with Gasteiger partial charge >= 0.3 is 0 Å². The number of likely N-dealkylation sites (N-methyl/N-ethyl adjacent to an activating group) is 1. The van der Waals surface area contributed by atoms with E-state index in [9.17, 15) is 14.4 Å². The fraction of sp³-hybridized carbons (Fsp3) is 0.550. The lowest BCUT2D eigenvalue weighted by molar-refractivity contribution is -0.144. The summed E-state index contributed by atoms with van der Waals surface area (Å²) >= 11 is 0. The van der Waals surface area contributed by atoms with Crippen LogP contribution in [0.1, 0.15) is 30.9 Å². The smallest absolute Gasteiger partial charge is 0.241 e. The molecule has 0 aromatic heterocycles. The number of amides is 3. The highest BCUT2D eigenvalue weighted by Crippen LogP contribution is 2.28. The average molecular weight is 359 g/mol. The third-order valence-corrected chi connectivity index (χ3v) is 4.94. The van der Waals surface area contributed by atoms with Crippen LogP contribution in [0.5, 0.6) is 0 Å². The van der Waals surface area contributed by atoms with Crippen LogP contribution < -0.4 is 4.90 Å². The molecule has 1 aliphatic heterocycles. The lowest BCUT2D eigenvalue weighted by Crippen LogP contribution is -2.45. The Hall–Kier alpha value is -2.37. The largest absolute Gasteiger partial charge is 0.347 e. The molecule has 2 rings (SSSR count). The second kappa shape index (κ2) is 8.34. The molecule has 3 amide bonds. The molecule has 0 spiro atoms. The first-order valence-electron chi connectivity index (χ1n) is 9.13. The van der Waals surface area contributed by atoms with Crippen molar-refractivity contribution < 1.29 is 14.4 Å². The van der Waals surface area contributed by atoms with Gasteiger partial charge in [-0.3, -0.25) is 14.4 Å². The fourth-order valence-corrected chi connectivity index (χ4v) is 3.12. The summed E-state index contributed by atoms with van der Waals surface area (Å²) in [5.74, 6) is -1.24. The molecule has 1 aromatic rings. The van der Waals surface area contributed by atoms with Crippen molar-refractivity contribution in [1.29, 1.82) is 0 Å². The molecule has 6 nitrogen and oxygen atoms in total. The quantitative estimate of drug-likeness (QED) is 0.730. The van der Waals surface area contributed by atoms with Gasteiger partial charge < -0.3 is 14.7 Å². The number of rotatable bonds is 6. The minimum absolute atomic E-state index is 0.0209. The summed E-state index contributed by atoms with van der Waals surface area (Å²) in [5, 5.41) is 0. The van der Waals surface area contributed by atoms with Gasteiger partial charge in [-0.2, -0.15) is 0 Å². The molecule has 1 aromatic carbocycles. The number of hydrogen-bond acceptors (Lipinski definition) is 3. The zero-order valence-electron chi connectivity index (χ0n) is 16.4. The van der Waals surface area contributed by atoms with Crippen molar-refractivity contribution in [1.82, 2.24) is 9.80 Å². The van der Waals surface area contributed by atoms with E-state index in [4.69, 9.17) is 0 Å². The van der Waals surface area contributed by atoms with Gasteiger partial charge in [-0.05, 0) is 49.9 Å². The van der Waals surface area contributed by atoms with E-state index >= 15 is 0 Å². The number of aryl methyl sites for hydroxylation is 2. The second-order valence-electron chi connectivity index (χ2n) is 7.15. The van der Waals surface area contributed by atoms with Crippen LogP contribution in [0.15, 0.2) is 18.2 Å². The molecule has 0 bridgehead atoms. The Labute approximate surface area is 155 Å². The second-order valence-corrected chi connectivity index (χ2v) is 7.15. The van der Waals surface area contributed by atoms with Gasteiger partial charge in [0.05, 0.1) is 6.54 Å². The van der Waals surface area contributed by atoms with Crippen molar-refractivity contribution in [2.45, 2.75) is 33.6 Å². The summed E-state index contributed by atoms with van der Waals surface area (Å²) in [5.41, 5.74) is 3.12. The van der Waals surface area contributed by atoms with Crippen molar-refractivity contribution >= 4 is 23.4 Å². The maximum atomic E-state index is 12.9. The Bertz CT molecular complexity index is 700. The monoisotopic (exact) mass is 359 g/mol. The van der Waals surface area contributed by atoms with Crippen LogP contribution in [0.2, 0.25) is 0 Å². The third kappa shape index (κ3) is 4.23. The molecule has 142 valence electrons. The van der Waals surface area contributed by atoms with Crippen LogP contribution in [0.25, 0.3) is 0 Å². The van der Waals surface area contributed by atoms with E-state index in [-0.39, 0.29) is 24.3 Å². The van der Waals surface area contributed by atoms with Crippen LogP contribution in [0.4, 0.5) is 5.69 Å². The van der Waals surface area contributed by atoms with Gasteiger partial charge in [0, 0.05) is 32.9 Å². The van der Waals surface area contributed by atoms with E-state index in [1.807, 2.05) is 39.0 Å². The van der Waals surface area contributed by atoms with Gasteiger partial charge in [-0.1, -0.05) is 13.0 Å². The van der Waals surface area contributed by atoms with Crippen molar-refractivity contribution in [3.8, 4) is 0 Å². The average Bonchev–Trinajstić information content (AvgIpc) is 2.97. The lowest BCUT2D eigenvalue weighted by atomic mass is 10.1. The van der Waals surface area contributed by atoms with Gasteiger partial charge in [0.15, 0.2) is 0 Å². The standard InChI is InChI=1S/C20H29N3O3/c1-6-10-22(13-18(24)21(4)5)19(25)17-9-11-23(20(17)26)16-8-7-14(2)15(3)12-16/h7-8,12,17H,6,9-11,13H2,1-5H3. The van der Waals surface area contributed by atoms with Gasteiger partial charge in [0.25, 0.3) is 0 Å². The SMILES string of the molecule is CCCN(CC(=O)N(C)C)C(=O)C1CCN(c2ccc(C)c(C)c2)C1=O. The van der Waals surface area contributed by atoms with E-state index in [1.54, 1.807) is 19.0 Å². The highest BCUT2D eigenvalue weighted by Gasteiger charge is 2.40. The van der Waals surface area contributed by atoms with E-state index < -0.39 is 5.92 Å². The number of benzene rings is 1. The van der Waals surface area contributed by atoms with Crippen molar-refractivity contribution in [2.24, 2.45) is 5.92 Å². The first-order chi connectivity index (χ1) is 12.3. The van der Waals surface area contributed by atoms with E-state index in [0.717, 1.165) is 17.7 Å². The maximum absolute atomic E-state index is 12.9. The number of carbonyl (C=O) groups excluding carboxylic acids is 3. The first-order valence-corrected chi connectivity index (χ1v) is 9.13. The molecule has 6 heteroatoms. The number of nitrogens with zero attached hydrogens (tertiary/aromatic N) is 3. The van der Waals surface area contributed by atoms with Crippen LogP contribution in [0.3, 0.4) is 0 Å². The highest BCUT2D eigenvalue weighted by molar-refractivity contribution is 6.10. The Morgan fingerprint density at radius 2 is 1.88 bits per heavy atom. The molecule has 1 fully saturated rings. The topological polar surface area (TPSA) is 60.9 Å². The molecule has 1 unspecified atom stereocenters. The molecule has 1 saturated heterocycles. The molecule has 1 heterocycles. The van der Waals surface area contributed by atoms with E-state index in [2.05, 4.69) is 0 Å². The minimum atomic E-state index is -0.696. The summed E-state index contributed by atoms with van der Waals surface area (Å²) in [6.07, 6.45) is 1.23. The summed E-state index contributed by atoms with van der Waals surface area (Å²) < 4.78 is 0. The van der Waals surface area contributed by atoms with Crippen LogP contribution in [-0.4, -0.2) is 61.3 Å². The lowest BCUT2D eigenvalue weighted by Gasteiger charge is -2.25.